The van der Waals surface area contributed by atoms with Crippen LogP contribution in [0.5, 0.6) is 0 Å². The normalized spacial score (nSPS) is 15.5. The minimum Gasteiger partial charge on any atom is -0.330 e. The Labute approximate surface area is 143 Å². The molecule has 0 atom stereocenters. The second-order valence-electron chi connectivity index (χ2n) is 6.12. The fourth-order valence-electron chi connectivity index (χ4n) is 2.62. The summed E-state index contributed by atoms with van der Waals surface area (Å²) in [6.07, 6.45) is 4.26. The number of carbonyl (C=O) groups excluding carboxylic acids is 2. The number of carbonyl (C=O) groups is 2. The lowest BCUT2D eigenvalue weighted by Crippen LogP contribution is -2.54. The first-order chi connectivity index (χ1) is 11.5. The third-order valence-electron chi connectivity index (χ3n) is 4.07. The van der Waals surface area contributed by atoms with Crippen molar-refractivity contribution in [3.63, 3.8) is 0 Å². The smallest absolute Gasteiger partial charge is 0.327 e. The fraction of sp³-hybridized carbons (Fsp3) is 0.444. The Bertz CT molecular complexity index is 578. The number of benzene rings is 1. The maximum Gasteiger partial charge on any atom is 0.327 e. The van der Waals surface area contributed by atoms with Gasteiger partial charge in [0.1, 0.15) is 0 Å². The largest absolute Gasteiger partial charge is 0.330 e. The highest BCUT2D eigenvalue weighted by Gasteiger charge is 2.26. The van der Waals surface area contributed by atoms with Crippen LogP contribution in [0.2, 0.25) is 0 Å². The zero-order valence-corrected chi connectivity index (χ0v) is 14.7. The summed E-state index contributed by atoms with van der Waals surface area (Å²) in [6.45, 7) is 3.78. The second kappa shape index (κ2) is 8.49. The summed E-state index contributed by atoms with van der Waals surface area (Å²) in [4.78, 5) is 30.8. The van der Waals surface area contributed by atoms with Gasteiger partial charge in [-0.05, 0) is 5.56 Å². The number of amides is 4. The molecule has 0 bridgehead atoms. The predicted octanol–water partition coefficient (Wildman–Crippen LogP) is 2.05. The summed E-state index contributed by atoms with van der Waals surface area (Å²) in [5, 5.41) is 0. The minimum absolute atomic E-state index is 0.229. The van der Waals surface area contributed by atoms with Crippen LogP contribution < -0.4 is 0 Å². The van der Waals surface area contributed by atoms with E-state index in [1.54, 1.807) is 19.0 Å². The van der Waals surface area contributed by atoms with Gasteiger partial charge in [-0.15, -0.1) is 0 Å². The molecular formula is C18H26N4O2. The van der Waals surface area contributed by atoms with Crippen molar-refractivity contribution in [2.45, 2.75) is 0 Å². The van der Waals surface area contributed by atoms with Gasteiger partial charge >= 0.3 is 12.1 Å². The topological polar surface area (TPSA) is 47.1 Å². The zero-order chi connectivity index (χ0) is 17.5. The molecule has 0 N–H and O–H groups in total. The van der Waals surface area contributed by atoms with Crippen molar-refractivity contribution in [1.82, 2.24) is 19.6 Å². The molecule has 1 heterocycles. The van der Waals surface area contributed by atoms with E-state index in [1.165, 1.54) is 22.4 Å². The van der Waals surface area contributed by atoms with E-state index in [4.69, 9.17) is 0 Å². The molecule has 1 aromatic rings. The summed E-state index contributed by atoms with van der Waals surface area (Å²) < 4.78 is 0. The van der Waals surface area contributed by atoms with Crippen LogP contribution in [0.1, 0.15) is 5.56 Å². The predicted molar refractivity (Wildman–Crippen MR) is 95.7 cm³/mol. The van der Waals surface area contributed by atoms with E-state index in [0.717, 1.165) is 19.6 Å². The average molecular weight is 330 g/mol. The van der Waals surface area contributed by atoms with E-state index in [2.05, 4.69) is 29.2 Å². The van der Waals surface area contributed by atoms with Crippen molar-refractivity contribution in [2.24, 2.45) is 0 Å². The Kier molecular flexibility index (Phi) is 6.37. The van der Waals surface area contributed by atoms with Gasteiger partial charge in [-0.3, -0.25) is 4.90 Å². The summed E-state index contributed by atoms with van der Waals surface area (Å²) in [7, 11) is 4.81. The maximum absolute atomic E-state index is 12.3. The van der Waals surface area contributed by atoms with Crippen molar-refractivity contribution in [1.29, 1.82) is 0 Å². The second-order valence-corrected chi connectivity index (χ2v) is 6.12. The van der Waals surface area contributed by atoms with E-state index in [1.807, 2.05) is 18.2 Å². The monoisotopic (exact) mass is 330 g/mol. The molecule has 1 saturated heterocycles. The highest BCUT2D eigenvalue weighted by Crippen LogP contribution is 2.07. The number of rotatable bonds is 3. The molecule has 6 heteroatoms. The first-order valence-corrected chi connectivity index (χ1v) is 8.17. The van der Waals surface area contributed by atoms with E-state index in [0.29, 0.717) is 13.1 Å². The highest BCUT2D eigenvalue weighted by molar-refractivity contribution is 5.93. The van der Waals surface area contributed by atoms with Crippen molar-refractivity contribution >= 4 is 18.1 Å². The lowest BCUT2D eigenvalue weighted by Gasteiger charge is -2.36. The van der Waals surface area contributed by atoms with Gasteiger partial charge < -0.3 is 9.80 Å². The van der Waals surface area contributed by atoms with E-state index >= 15 is 0 Å². The molecule has 1 fully saturated rings. The van der Waals surface area contributed by atoms with Crippen LogP contribution in [-0.2, 0) is 0 Å². The number of nitrogens with zero attached hydrogens (tertiary/aromatic N) is 4. The van der Waals surface area contributed by atoms with Crippen LogP contribution in [0.3, 0.4) is 0 Å². The van der Waals surface area contributed by atoms with Gasteiger partial charge in [0, 0.05) is 53.9 Å². The van der Waals surface area contributed by atoms with Crippen molar-refractivity contribution in [3.8, 4) is 0 Å². The molecule has 0 saturated carbocycles. The van der Waals surface area contributed by atoms with Crippen LogP contribution in [0.25, 0.3) is 6.08 Å². The van der Waals surface area contributed by atoms with Crippen LogP contribution >= 0.6 is 0 Å². The standard InChI is InChI=1S/C18H26N4O2/c1-19(2)17(23)20(3)18(24)22-14-12-21(13-15-22)11-7-10-16-8-5-4-6-9-16/h4-10H,11-15H2,1-3H3/b10-7+. The third-order valence-corrected chi connectivity index (χ3v) is 4.07. The van der Waals surface area contributed by atoms with Crippen molar-refractivity contribution < 1.29 is 9.59 Å². The molecule has 0 aromatic heterocycles. The number of imide groups is 1. The van der Waals surface area contributed by atoms with Crippen molar-refractivity contribution in [2.75, 3.05) is 53.9 Å². The lowest BCUT2D eigenvalue weighted by atomic mass is 10.2. The molecule has 0 spiro atoms. The molecule has 130 valence electrons. The summed E-state index contributed by atoms with van der Waals surface area (Å²) in [5.74, 6) is 0. The van der Waals surface area contributed by atoms with Crippen LogP contribution in [0, 0.1) is 0 Å². The summed E-state index contributed by atoms with van der Waals surface area (Å²) >= 11 is 0. The van der Waals surface area contributed by atoms with E-state index < -0.39 is 0 Å². The Morgan fingerprint density at radius 2 is 1.67 bits per heavy atom. The van der Waals surface area contributed by atoms with Gasteiger partial charge in [0.2, 0.25) is 0 Å². The minimum atomic E-state index is -0.298. The third kappa shape index (κ3) is 4.83. The van der Waals surface area contributed by atoms with Crippen LogP contribution in [-0.4, -0.2) is 85.5 Å². The van der Waals surface area contributed by atoms with Gasteiger partial charge in [-0.2, -0.15) is 0 Å². The van der Waals surface area contributed by atoms with Gasteiger partial charge in [0.25, 0.3) is 0 Å². The number of hydrogen-bond donors (Lipinski definition) is 0. The first-order valence-electron chi connectivity index (χ1n) is 8.17. The number of hydrogen-bond acceptors (Lipinski definition) is 3. The summed E-state index contributed by atoms with van der Waals surface area (Å²) in [6, 6.07) is 9.67. The molecule has 6 nitrogen and oxygen atoms in total. The molecule has 0 unspecified atom stereocenters. The molecule has 1 aliphatic rings. The molecule has 4 amide bonds. The highest BCUT2D eigenvalue weighted by atomic mass is 16.2. The van der Waals surface area contributed by atoms with Crippen molar-refractivity contribution in [3.05, 3.63) is 42.0 Å². The maximum atomic E-state index is 12.3. The van der Waals surface area contributed by atoms with Gasteiger partial charge in [-0.25, -0.2) is 14.5 Å². The SMILES string of the molecule is CN(C)C(=O)N(C)C(=O)N1CCN(C/C=C/c2ccccc2)CC1. The first kappa shape index (κ1) is 18.0. The average Bonchev–Trinajstić information content (AvgIpc) is 2.61. The molecule has 1 aromatic carbocycles. The van der Waals surface area contributed by atoms with E-state index in [9.17, 15) is 9.59 Å². The molecular weight excluding hydrogens is 304 g/mol. The zero-order valence-electron chi connectivity index (χ0n) is 14.7. The van der Waals surface area contributed by atoms with Gasteiger partial charge in [0.05, 0.1) is 0 Å². The van der Waals surface area contributed by atoms with Gasteiger partial charge in [-0.1, -0.05) is 42.5 Å². The molecule has 2 rings (SSSR count). The summed E-state index contributed by atoms with van der Waals surface area (Å²) in [5.41, 5.74) is 1.19. The Morgan fingerprint density at radius 3 is 2.25 bits per heavy atom. The Balaban J connectivity index is 1.78. The lowest BCUT2D eigenvalue weighted by molar-refractivity contribution is 0.122. The molecule has 0 aliphatic carbocycles. The van der Waals surface area contributed by atoms with Crippen LogP contribution in [0.4, 0.5) is 9.59 Å². The quantitative estimate of drug-likeness (QED) is 0.852. The van der Waals surface area contributed by atoms with E-state index in [-0.39, 0.29) is 12.1 Å². The molecule has 1 aliphatic heterocycles. The molecule has 24 heavy (non-hydrogen) atoms. The number of urea groups is 2. The van der Waals surface area contributed by atoms with Crippen LogP contribution in [0.15, 0.2) is 36.4 Å². The fourth-order valence-corrected chi connectivity index (χ4v) is 2.62. The molecule has 0 radical (unpaired) electrons. The Hall–Kier alpha value is -2.34. The Morgan fingerprint density at radius 1 is 1.04 bits per heavy atom. The number of piperazine rings is 1. The van der Waals surface area contributed by atoms with Gasteiger partial charge in [0.15, 0.2) is 0 Å².